The quantitative estimate of drug-likeness (QED) is 0.874. The number of nitrogens with zero attached hydrogens (tertiary/aromatic N) is 2. The third kappa shape index (κ3) is 4.59. The molecule has 0 unspecified atom stereocenters. The second-order valence-electron chi connectivity index (χ2n) is 6.04. The van der Waals surface area contributed by atoms with E-state index in [0.29, 0.717) is 11.7 Å². The average Bonchev–Trinajstić information content (AvgIpc) is 2.17. The first-order valence-electron chi connectivity index (χ1n) is 6.09. The van der Waals surface area contributed by atoms with Crippen molar-refractivity contribution >= 4 is 5.82 Å². The van der Waals surface area contributed by atoms with Gasteiger partial charge in [-0.25, -0.2) is 4.98 Å². The first-order valence-corrected chi connectivity index (χ1v) is 6.09. The van der Waals surface area contributed by atoms with E-state index in [1.165, 1.54) is 0 Å². The fourth-order valence-electron chi connectivity index (χ4n) is 1.45. The minimum Gasteiger partial charge on any atom is -0.365 e. The van der Waals surface area contributed by atoms with E-state index in [1.807, 2.05) is 0 Å². The third-order valence-corrected chi connectivity index (χ3v) is 2.26. The topological polar surface area (TPSA) is 46.9 Å². The largest absolute Gasteiger partial charge is 0.365 e. The molecule has 0 aliphatic heterocycles. The van der Waals surface area contributed by atoms with Crippen LogP contribution in [0.1, 0.15) is 34.6 Å². The van der Waals surface area contributed by atoms with E-state index in [-0.39, 0.29) is 11.0 Å². The molecule has 1 rings (SSSR count). The smallest absolute Gasteiger partial charge is 0.293 e. The zero-order valence-electron chi connectivity index (χ0n) is 11.4. The molecule has 0 aliphatic rings. The summed E-state index contributed by atoms with van der Waals surface area (Å²) in [5.41, 5.74) is 0.0952. The lowest BCUT2D eigenvalue weighted by Crippen LogP contribution is -2.29. The molecular weight excluding hydrogens is 214 g/mol. The zero-order chi connectivity index (χ0) is 13.1. The normalized spacial score (nSPS) is 11.9. The van der Waals surface area contributed by atoms with Gasteiger partial charge in [0.05, 0.1) is 0 Å². The van der Waals surface area contributed by atoms with Gasteiger partial charge >= 0.3 is 0 Å². The van der Waals surface area contributed by atoms with Gasteiger partial charge < -0.3 is 9.88 Å². The molecule has 1 aromatic heterocycles. The van der Waals surface area contributed by atoms with Crippen LogP contribution in [0.15, 0.2) is 17.2 Å². The van der Waals surface area contributed by atoms with Crippen molar-refractivity contribution in [1.82, 2.24) is 9.55 Å². The summed E-state index contributed by atoms with van der Waals surface area (Å²) >= 11 is 0. The Labute approximate surface area is 103 Å². The summed E-state index contributed by atoms with van der Waals surface area (Å²) < 4.78 is 1.71. The van der Waals surface area contributed by atoms with Crippen molar-refractivity contribution in [3.05, 3.63) is 22.7 Å². The zero-order valence-corrected chi connectivity index (χ0v) is 11.4. The number of aromatic nitrogens is 2. The molecule has 0 aromatic carbocycles. The van der Waals surface area contributed by atoms with E-state index >= 15 is 0 Å². The Balaban J connectivity index is 2.84. The molecule has 0 aliphatic carbocycles. The molecule has 0 fully saturated rings. The van der Waals surface area contributed by atoms with Gasteiger partial charge in [-0.15, -0.1) is 0 Å². The van der Waals surface area contributed by atoms with Crippen molar-refractivity contribution in [1.29, 1.82) is 0 Å². The highest BCUT2D eigenvalue weighted by molar-refractivity contribution is 5.30. The Morgan fingerprint density at radius 2 is 2.06 bits per heavy atom. The first kappa shape index (κ1) is 13.7. The molecule has 1 N–H and O–H groups in total. The SMILES string of the molecule is CC(C)Cn1ccnc(NCC(C)(C)C)c1=O. The Morgan fingerprint density at radius 1 is 1.41 bits per heavy atom. The highest BCUT2D eigenvalue weighted by atomic mass is 16.1. The van der Waals surface area contributed by atoms with Gasteiger partial charge in [-0.2, -0.15) is 0 Å². The number of rotatable bonds is 4. The van der Waals surface area contributed by atoms with Crippen molar-refractivity contribution in [2.45, 2.75) is 41.2 Å². The Morgan fingerprint density at radius 3 is 2.59 bits per heavy atom. The molecular formula is C13H23N3O. The minimum absolute atomic E-state index is 0.0366. The summed E-state index contributed by atoms with van der Waals surface area (Å²) in [7, 11) is 0. The lowest BCUT2D eigenvalue weighted by atomic mass is 9.97. The van der Waals surface area contributed by atoms with Crippen molar-refractivity contribution < 1.29 is 0 Å². The number of nitrogens with one attached hydrogen (secondary N) is 1. The van der Waals surface area contributed by atoms with Crippen molar-refractivity contribution in [3.8, 4) is 0 Å². The van der Waals surface area contributed by atoms with E-state index in [1.54, 1.807) is 17.0 Å². The molecule has 0 bridgehead atoms. The van der Waals surface area contributed by atoms with Crippen molar-refractivity contribution in [2.75, 3.05) is 11.9 Å². The predicted octanol–water partition coefficient (Wildman–Crippen LogP) is 2.36. The van der Waals surface area contributed by atoms with Gasteiger partial charge in [-0.1, -0.05) is 34.6 Å². The van der Waals surface area contributed by atoms with Crippen LogP contribution in [0.5, 0.6) is 0 Å². The fourth-order valence-corrected chi connectivity index (χ4v) is 1.45. The van der Waals surface area contributed by atoms with Gasteiger partial charge in [0, 0.05) is 25.5 Å². The number of hydrogen-bond acceptors (Lipinski definition) is 3. The van der Waals surface area contributed by atoms with Gasteiger partial charge in [0.15, 0.2) is 5.82 Å². The average molecular weight is 237 g/mol. The number of anilines is 1. The van der Waals surface area contributed by atoms with Crippen LogP contribution in [0.25, 0.3) is 0 Å². The standard InChI is InChI=1S/C13H23N3O/c1-10(2)8-16-7-6-14-11(12(16)17)15-9-13(3,4)5/h6-7,10H,8-9H2,1-5H3,(H,14,15). The maximum absolute atomic E-state index is 12.1. The highest BCUT2D eigenvalue weighted by Gasteiger charge is 2.12. The molecule has 1 heterocycles. The van der Waals surface area contributed by atoms with Crippen LogP contribution in [0.4, 0.5) is 5.82 Å². The van der Waals surface area contributed by atoms with Crippen LogP contribution in [-0.4, -0.2) is 16.1 Å². The summed E-state index contributed by atoms with van der Waals surface area (Å²) in [4.78, 5) is 16.2. The Bertz CT molecular complexity index is 415. The van der Waals surface area contributed by atoms with E-state index in [0.717, 1.165) is 13.1 Å². The summed E-state index contributed by atoms with van der Waals surface area (Å²) in [6.07, 6.45) is 3.42. The lowest BCUT2D eigenvalue weighted by Gasteiger charge is -2.19. The van der Waals surface area contributed by atoms with Crippen LogP contribution < -0.4 is 10.9 Å². The van der Waals surface area contributed by atoms with E-state index < -0.39 is 0 Å². The molecule has 4 nitrogen and oxygen atoms in total. The van der Waals surface area contributed by atoms with Crippen LogP contribution in [0, 0.1) is 11.3 Å². The summed E-state index contributed by atoms with van der Waals surface area (Å²) in [6.45, 7) is 12.0. The second-order valence-corrected chi connectivity index (χ2v) is 6.04. The van der Waals surface area contributed by atoms with Gasteiger partial charge in [0.1, 0.15) is 0 Å². The molecule has 96 valence electrons. The third-order valence-electron chi connectivity index (χ3n) is 2.26. The second kappa shape index (κ2) is 5.34. The fraction of sp³-hybridized carbons (Fsp3) is 0.692. The van der Waals surface area contributed by atoms with Crippen molar-refractivity contribution in [3.63, 3.8) is 0 Å². The van der Waals surface area contributed by atoms with Gasteiger partial charge in [0.25, 0.3) is 5.56 Å². The Kier molecular flexibility index (Phi) is 4.32. The van der Waals surface area contributed by atoms with Gasteiger partial charge in [-0.3, -0.25) is 4.79 Å². The van der Waals surface area contributed by atoms with Gasteiger partial charge in [-0.05, 0) is 11.3 Å². The highest BCUT2D eigenvalue weighted by Crippen LogP contribution is 2.12. The predicted molar refractivity (Wildman–Crippen MR) is 71.3 cm³/mol. The van der Waals surface area contributed by atoms with Crippen LogP contribution in [-0.2, 0) is 6.54 Å². The van der Waals surface area contributed by atoms with Gasteiger partial charge in [0.2, 0.25) is 0 Å². The van der Waals surface area contributed by atoms with E-state index in [4.69, 9.17) is 0 Å². The van der Waals surface area contributed by atoms with Crippen LogP contribution in [0.3, 0.4) is 0 Å². The molecule has 0 amide bonds. The molecule has 0 radical (unpaired) electrons. The van der Waals surface area contributed by atoms with E-state index in [9.17, 15) is 4.79 Å². The molecule has 0 saturated heterocycles. The van der Waals surface area contributed by atoms with Crippen LogP contribution in [0.2, 0.25) is 0 Å². The molecule has 0 spiro atoms. The summed E-state index contributed by atoms with van der Waals surface area (Å²) in [5.74, 6) is 0.897. The maximum atomic E-state index is 12.1. The first-order chi connectivity index (χ1) is 7.79. The van der Waals surface area contributed by atoms with Crippen LogP contribution >= 0.6 is 0 Å². The summed E-state index contributed by atoms with van der Waals surface area (Å²) in [6, 6.07) is 0. The number of hydrogen-bond donors (Lipinski definition) is 1. The monoisotopic (exact) mass is 237 g/mol. The molecule has 1 aromatic rings. The molecule has 17 heavy (non-hydrogen) atoms. The summed E-state index contributed by atoms with van der Waals surface area (Å²) in [5, 5.41) is 3.12. The lowest BCUT2D eigenvalue weighted by molar-refractivity contribution is 0.441. The molecule has 0 saturated carbocycles. The maximum Gasteiger partial charge on any atom is 0.293 e. The molecule has 4 heteroatoms. The Hall–Kier alpha value is -1.32. The van der Waals surface area contributed by atoms with Crippen molar-refractivity contribution in [2.24, 2.45) is 11.3 Å². The van der Waals surface area contributed by atoms with E-state index in [2.05, 4.69) is 44.9 Å². The minimum atomic E-state index is -0.0366. The molecule has 0 atom stereocenters.